The summed E-state index contributed by atoms with van der Waals surface area (Å²) in [5, 5.41) is 3.12. The van der Waals surface area contributed by atoms with E-state index in [0.717, 1.165) is 45.1 Å². The third kappa shape index (κ3) is 2.78. The topological polar surface area (TPSA) is 64.1 Å². The van der Waals surface area contributed by atoms with Gasteiger partial charge in [0.2, 0.25) is 5.95 Å². The predicted molar refractivity (Wildman–Crippen MR) is 82.5 cm³/mol. The lowest BCUT2D eigenvalue weighted by molar-refractivity contribution is 0.523. The Bertz CT molecular complexity index is 552. The molecule has 0 atom stereocenters. The van der Waals surface area contributed by atoms with Gasteiger partial charge in [-0.05, 0) is 25.3 Å². The van der Waals surface area contributed by atoms with Crippen molar-refractivity contribution in [3.05, 3.63) is 12.3 Å². The summed E-state index contributed by atoms with van der Waals surface area (Å²) < 4.78 is 17.0. The lowest BCUT2D eigenvalue weighted by atomic mass is 10.1. The number of rotatable bonds is 5. The highest BCUT2D eigenvalue weighted by Crippen LogP contribution is 2.59. The second-order valence-electron chi connectivity index (χ2n) is 5.85. The standard InChI is InChI=1S/C13H21N6OP/c20-21(18-8-9-18,19-10-11-19)16-13-14-5-4-12(15-13)17-6-2-1-3-7-17/h4-5H,1-3,6-11H2,(H,14,15,16,20). The second-order valence-corrected chi connectivity index (χ2v) is 8.29. The largest absolute Gasteiger partial charge is 0.356 e. The normalized spacial score (nSPS) is 23.1. The molecule has 0 aromatic carbocycles. The van der Waals surface area contributed by atoms with E-state index in [-0.39, 0.29) is 0 Å². The molecule has 3 saturated heterocycles. The van der Waals surface area contributed by atoms with Crippen molar-refractivity contribution in [1.29, 1.82) is 0 Å². The number of hydrogen-bond donors (Lipinski definition) is 1. The van der Waals surface area contributed by atoms with Crippen LogP contribution < -0.4 is 9.99 Å². The summed E-state index contributed by atoms with van der Waals surface area (Å²) in [7, 11) is -2.65. The Hall–Kier alpha value is -1.17. The highest BCUT2D eigenvalue weighted by molar-refractivity contribution is 7.61. The smallest absolute Gasteiger partial charge is 0.311 e. The molecular formula is C13H21N6OP. The minimum absolute atomic E-state index is 0.486. The maximum absolute atomic E-state index is 13.0. The van der Waals surface area contributed by atoms with Gasteiger partial charge in [-0.15, -0.1) is 0 Å². The number of aromatic nitrogens is 2. The SMILES string of the molecule is O=P(Nc1nccc(N2CCCCC2)n1)(N1CC1)N1CC1. The molecule has 3 aliphatic rings. The van der Waals surface area contributed by atoms with Gasteiger partial charge in [0.05, 0.1) is 0 Å². The average Bonchev–Trinajstić information content (AvgIpc) is 3.41. The van der Waals surface area contributed by atoms with Crippen LogP contribution in [0, 0.1) is 0 Å². The first kappa shape index (κ1) is 13.5. The molecule has 3 fully saturated rings. The van der Waals surface area contributed by atoms with Crippen molar-refractivity contribution in [1.82, 2.24) is 19.3 Å². The van der Waals surface area contributed by atoms with Crippen molar-refractivity contribution in [2.45, 2.75) is 19.3 Å². The van der Waals surface area contributed by atoms with E-state index in [1.807, 2.05) is 15.4 Å². The van der Waals surface area contributed by atoms with Crippen molar-refractivity contribution in [2.75, 3.05) is 49.3 Å². The van der Waals surface area contributed by atoms with Crippen molar-refractivity contribution < 1.29 is 4.57 Å². The third-order valence-corrected chi connectivity index (χ3v) is 7.01. The van der Waals surface area contributed by atoms with E-state index in [1.165, 1.54) is 19.3 Å². The molecule has 0 aliphatic carbocycles. The van der Waals surface area contributed by atoms with E-state index < -0.39 is 7.59 Å². The number of anilines is 2. The van der Waals surface area contributed by atoms with Crippen LogP contribution in [-0.2, 0) is 4.57 Å². The monoisotopic (exact) mass is 308 g/mol. The predicted octanol–water partition coefficient (Wildman–Crippen LogP) is 1.62. The van der Waals surface area contributed by atoms with Gasteiger partial charge in [0.1, 0.15) is 5.82 Å². The number of nitrogens with zero attached hydrogens (tertiary/aromatic N) is 5. The number of nitrogens with one attached hydrogen (secondary N) is 1. The lowest BCUT2D eigenvalue weighted by Crippen LogP contribution is -2.30. The zero-order chi connectivity index (χ0) is 14.3. The van der Waals surface area contributed by atoms with E-state index in [2.05, 4.69) is 20.0 Å². The van der Waals surface area contributed by atoms with Gasteiger partial charge >= 0.3 is 7.59 Å². The first-order valence-electron chi connectivity index (χ1n) is 7.73. The van der Waals surface area contributed by atoms with Gasteiger partial charge in [-0.25, -0.2) is 14.3 Å². The Labute approximate surface area is 124 Å². The number of piperidine rings is 1. The lowest BCUT2D eigenvalue weighted by Gasteiger charge is -2.28. The van der Waals surface area contributed by atoms with Crippen LogP contribution in [0.15, 0.2) is 12.3 Å². The van der Waals surface area contributed by atoms with Gasteiger partial charge in [0.25, 0.3) is 0 Å². The maximum atomic E-state index is 13.0. The van der Waals surface area contributed by atoms with E-state index >= 15 is 0 Å². The van der Waals surface area contributed by atoms with Gasteiger partial charge in [0.15, 0.2) is 0 Å². The fourth-order valence-corrected chi connectivity index (χ4v) is 5.06. The van der Waals surface area contributed by atoms with Crippen molar-refractivity contribution >= 4 is 19.4 Å². The molecule has 1 N–H and O–H groups in total. The van der Waals surface area contributed by atoms with Gasteiger partial charge in [-0.1, -0.05) is 0 Å². The Balaban J connectivity index is 1.53. The molecule has 1 aromatic rings. The summed E-state index contributed by atoms with van der Waals surface area (Å²) in [6.45, 7) is 5.68. The molecule has 0 amide bonds. The summed E-state index contributed by atoms with van der Waals surface area (Å²) in [6.07, 6.45) is 5.49. The Morgan fingerprint density at radius 2 is 1.67 bits per heavy atom. The molecule has 1 aromatic heterocycles. The average molecular weight is 308 g/mol. The van der Waals surface area contributed by atoms with Crippen LogP contribution in [0.25, 0.3) is 0 Å². The van der Waals surface area contributed by atoms with E-state index in [4.69, 9.17) is 0 Å². The summed E-state index contributed by atoms with van der Waals surface area (Å²) in [5.74, 6) is 1.43. The molecular weight excluding hydrogens is 287 g/mol. The second kappa shape index (κ2) is 5.23. The fraction of sp³-hybridized carbons (Fsp3) is 0.692. The van der Waals surface area contributed by atoms with Crippen LogP contribution in [0.4, 0.5) is 11.8 Å². The summed E-state index contributed by atoms with van der Waals surface area (Å²) in [4.78, 5) is 11.1. The highest BCUT2D eigenvalue weighted by atomic mass is 31.2. The summed E-state index contributed by atoms with van der Waals surface area (Å²) in [5.41, 5.74) is 0. The molecule has 3 aliphatic heterocycles. The van der Waals surface area contributed by atoms with E-state index in [1.54, 1.807) is 6.20 Å². The van der Waals surface area contributed by atoms with Crippen LogP contribution in [0.3, 0.4) is 0 Å². The van der Waals surface area contributed by atoms with Crippen molar-refractivity contribution in [2.24, 2.45) is 0 Å². The van der Waals surface area contributed by atoms with Crippen LogP contribution >= 0.6 is 7.59 Å². The summed E-state index contributed by atoms with van der Waals surface area (Å²) >= 11 is 0. The van der Waals surface area contributed by atoms with Crippen LogP contribution in [0.5, 0.6) is 0 Å². The zero-order valence-corrected chi connectivity index (χ0v) is 13.0. The third-order valence-electron chi connectivity index (χ3n) is 4.18. The molecule has 8 heteroatoms. The Morgan fingerprint density at radius 1 is 1.00 bits per heavy atom. The Kier molecular flexibility index (Phi) is 3.36. The quantitative estimate of drug-likeness (QED) is 0.655. The molecule has 0 spiro atoms. The highest BCUT2D eigenvalue weighted by Gasteiger charge is 2.48. The van der Waals surface area contributed by atoms with Crippen molar-refractivity contribution in [3.63, 3.8) is 0 Å². The van der Waals surface area contributed by atoms with Gasteiger partial charge < -0.3 is 4.90 Å². The summed E-state index contributed by atoms with van der Waals surface area (Å²) in [6, 6.07) is 1.94. The minimum Gasteiger partial charge on any atom is -0.356 e. The molecule has 21 heavy (non-hydrogen) atoms. The minimum atomic E-state index is -2.65. The zero-order valence-electron chi connectivity index (χ0n) is 12.1. The first-order valence-corrected chi connectivity index (χ1v) is 9.34. The first-order chi connectivity index (χ1) is 10.3. The molecule has 0 unspecified atom stereocenters. The van der Waals surface area contributed by atoms with E-state index in [9.17, 15) is 4.57 Å². The van der Waals surface area contributed by atoms with Crippen LogP contribution in [0.1, 0.15) is 19.3 Å². The van der Waals surface area contributed by atoms with Gasteiger partial charge in [0, 0.05) is 45.5 Å². The molecule has 114 valence electrons. The fourth-order valence-electron chi connectivity index (χ4n) is 2.78. The van der Waals surface area contributed by atoms with Gasteiger partial charge in [-0.3, -0.25) is 9.65 Å². The molecule has 0 radical (unpaired) electrons. The number of hydrogen-bond acceptors (Lipinski definition) is 4. The molecule has 0 saturated carbocycles. The van der Waals surface area contributed by atoms with Gasteiger partial charge in [-0.2, -0.15) is 4.98 Å². The Morgan fingerprint density at radius 3 is 2.29 bits per heavy atom. The maximum Gasteiger partial charge on any atom is 0.311 e. The molecule has 4 rings (SSSR count). The van der Waals surface area contributed by atoms with Crippen LogP contribution in [0.2, 0.25) is 0 Å². The van der Waals surface area contributed by atoms with E-state index in [0.29, 0.717) is 5.95 Å². The molecule has 4 heterocycles. The van der Waals surface area contributed by atoms with Crippen LogP contribution in [-0.4, -0.2) is 58.6 Å². The van der Waals surface area contributed by atoms with Crippen molar-refractivity contribution in [3.8, 4) is 0 Å². The molecule has 0 bridgehead atoms. The molecule has 7 nitrogen and oxygen atoms in total.